The van der Waals surface area contributed by atoms with Crippen molar-refractivity contribution in [3.05, 3.63) is 29.3 Å². The molecule has 1 saturated carbocycles. The highest BCUT2D eigenvalue weighted by Gasteiger charge is 2.27. The zero-order valence-corrected chi connectivity index (χ0v) is 12.1. The van der Waals surface area contributed by atoms with Gasteiger partial charge in [-0.3, -0.25) is 4.79 Å². The van der Waals surface area contributed by atoms with Crippen molar-refractivity contribution in [2.45, 2.75) is 52.5 Å². The van der Waals surface area contributed by atoms with Crippen molar-refractivity contribution >= 4 is 11.6 Å². The van der Waals surface area contributed by atoms with Gasteiger partial charge in [-0.05, 0) is 55.7 Å². The van der Waals surface area contributed by atoms with Crippen LogP contribution in [0.2, 0.25) is 0 Å². The lowest BCUT2D eigenvalue weighted by atomic mass is 9.75. The van der Waals surface area contributed by atoms with E-state index in [1.807, 2.05) is 25.1 Å². The topological polar surface area (TPSA) is 55.1 Å². The Labute approximate surface area is 115 Å². The largest absolute Gasteiger partial charge is 0.398 e. The number of carbonyl (C=O) groups excluding carboxylic acids is 1. The number of benzene rings is 1. The molecular weight excluding hydrogens is 236 g/mol. The Morgan fingerprint density at radius 2 is 1.95 bits per heavy atom. The van der Waals surface area contributed by atoms with Crippen LogP contribution >= 0.6 is 0 Å². The molecule has 0 spiro atoms. The number of amides is 1. The summed E-state index contributed by atoms with van der Waals surface area (Å²) >= 11 is 0. The third kappa shape index (κ3) is 3.28. The van der Waals surface area contributed by atoms with E-state index in [0.29, 0.717) is 22.7 Å². The van der Waals surface area contributed by atoms with Crippen molar-refractivity contribution in [2.75, 3.05) is 5.73 Å². The van der Waals surface area contributed by atoms with Gasteiger partial charge in [0.05, 0.1) is 0 Å². The summed E-state index contributed by atoms with van der Waals surface area (Å²) in [5.41, 5.74) is 8.52. The zero-order valence-electron chi connectivity index (χ0n) is 12.1. The second kappa shape index (κ2) is 5.24. The van der Waals surface area contributed by atoms with E-state index in [4.69, 9.17) is 5.73 Å². The van der Waals surface area contributed by atoms with Crippen LogP contribution in [-0.4, -0.2) is 11.9 Å². The van der Waals surface area contributed by atoms with Gasteiger partial charge in [0.2, 0.25) is 0 Å². The molecule has 19 heavy (non-hydrogen) atoms. The molecule has 0 aromatic heterocycles. The van der Waals surface area contributed by atoms with E-state index in [9.17, 15) is 4.79 Å². The van der Waals surface area contributed by atoms with Gasteiger partial charge in [-0.1, -0.05) is 19.9 Å². The highest BCUT2D eigenvalue weighted by Crippen LogP contribution is 2.35. The molecule has 3 N–H and O–H groups in total. The molecule has 104 valence electrons. The predicted molar refractivity (Wildman–Crippen MR) is 79.1 cm³/mol. The van der Waals surface area contributed by atoms with E-state index < -0.39 is 0 Å². The Bertz CT molecular complexity index is 470. The molecule has 0 heterocycles. The van der Waals surface area contributed by atoms with Crippen LogP contribution in [-0.2, 0) is 0 Å². The van der Waals surface area contributed by atoms with Crippen molar-refractivity contribution in [3.63, 3.8) is 0 Å². The summed E-state index contributed by atoms with van der Waals surface area (Å²) in [6, 6.07) is 5.81. The maximum absolute atomic E-state index is 12.3. The summed E-state index contributed by atoms with van der Waals surface area (Å²) in [6.07, 6.45) is 4.49. The Morgan fingerprint density at radius 3 is 2.58 bits per heavy atom. The molecule has 1 aromatic rings. The van der Waals surface area contributed by atoms with Crippen LogP contribution in [0.4, 0.5) is 5.69 Å². The number of hydrogen-bond donors (Lipinski definition) is 2. The van der Waals surface area contributed by atoms with Crippen LogP contribution in [0.5, 0.6) is 0 Å². The van der Waals surface area contributed by atoms with Gasteiger partial charge in [-0.2, -0.15) is 0 Å². The van der Waals surface area contributed by atoms with Crippen LogP contribution in [0.25, 0.3) is 0 Å². The van der Waals surface area contributed by atoms with Crippen molar-refractivity contribution < 1.29 is 4.79 Å². The van der Waals surface area contributed by atoms with Gasteiger partial charge < -0.3 is 11.1 Å². The Balaban J connectivity index is 2.00. The van der Waals surface area contributed by atoms with Gasteiger partial charge in [-0.15, -0.1) is 0 Å². The van der Waals surface area contributed by atoms with Gasteiger partial charge >= 0.3 is 0 Å². The first-order valence-corrected chi connectivity index (χ1v) is 7.05. The fourth-order valence-electron chi connectivity index (χ4n) is 2.71. The predicted octanol–water partition coefficient (Wildman–Crippen LogP) is 3.28. The molecule has 0 radical (unpaired) electrons. The first-order chi connectivity index (χ1) is 8.89. The standard InChI is InChI=1S/C16H24N2O/c1-11-13(5-4-6-14(11)17)15(19)18-12-7-9-16(2,3)10-8-12/h4-6,12H,7-10,17H2,1-3H3,(H,18,19). The number of nitrogen functional groups attached to an aromatic ring is 1. The molecule has 0 bridgehead atoms. The molecule has 0 aliphatic heterocycles. The van der Waals surface area contributed by atoms with Crippen molar-refractivity contribution in [1.29, 1.82) is 0 Å². The van der Waals surface area contributed by atoms with E-state index in [0.717, 1.165) is 18.4 Å². The second-order valence-corrected chi connectivity index (χ2v) is 6.43. The average Bonchev–Trinajstić information content (AvgIpc) is 2.35. The molecule has 1 aliphatic rings. The Morgan fingerprint density at radius 1 is 1.32 bits per heavy atom. The third-order valence-corrected chi connectivity index (χ3v) is 4.29. The smallest absolute Gasteiger partial charge is 0.251 e. The highest BCUT2D eigenvalue weighted by molar-refractivity contribution is 5.97. The van der Waals surface area contributed by atoms with Gasteiger partial charge in [0.25, 0.3) is 5.91 Å². The molecule has 1 fully saturated rings. The van der Waals surface area contributed by atoms with Crippen LogP contribution in [0.3, 0.4) is 0 Å². The van der Waals surface area contributed by atoms with Crippen LogP contribution < -0.4 is 11.1 Å². The minimum absolute atomic E-state index is 0.00880. The van der Waals surface area contributed by atoms with Crippen molar-refractivity contribution in [2.24, 2.45) is 5.41 Å². The number of carbonyl (C=O) groups is 1. The second-order valence-electron chi connectivity index (χ2n) is 6.43. The zero-order chi connectivity index (χ0) is 14.0. The first kappa shape index (κ1) is 13.9. The molecule has 0 unspecified atom stereocenters. The van der Waals surface area contributed by atoms with Crippen LogP contribution in [0, 0.1) is 12.3 Å². The highest BCUT2D eigenvalue weighted by atomic mass is 16.1. The van der Waals surface area contributed by atoms with E-state index in [1.54, 1.807) is 0 Å². The molecule has 1 aromatic carbocycles. The minimum Gasteiger partial charge on any atom is -0.398 e. The maximum atomic E-state index is 12.3. The number of nitrogens with one attached hydrogen (secondary N) is 1. The maximum Gasteiger partial charge on any atom is 0.251 e. The van der Waals surface area contributed by atoms with E-state index in [-0.39, 0.29) is 5.91 Å². The molecule has 3 nitrogen and oxygen atoms in total. The summed E-state index contributed by atoms with van der Waals surface area (Å²) in [4.78, 5) is 12.3. The summed E-state index contributed by atoms with van der Waals surface area (Å²) in [5.74, 6) is 0.00880. The van der Waals surface area contributed by atoms with Gasteiger partial charge in [0.15, 0.2) is 0 Å². The van der Waals surface area contributed by atoms with Gasteiger partial charge in [0, 0.05) is 17.3 Å². The molecule has 1 amide bonds. The van der Waals surface area contributed by atoms with Crippen molar-refractivity contribution in [3.8, 4) is 0 Å². The van der Waals surface area contributed by atoms with Gasteiger partial charge in [-0.25, -0.2) is 0 Å². The monoisotopic (exact) mass is 260 g/mol. The Hall–Kier alpha value is -1.51. The average molecular weight is 260 g/mol. The molecule has 1 aliphatic carbocycles. The molecule has 0 saturated heterocycles. The summed E-state index contributed by atoms with van der Waals surface area (Å²) in [7, 11) is 0. The van der Waals surface area contributed by atoms with Crippen LogP contribution in [0.1, 0.15) is 55.5 Å². The van der Waals surface area contributed by atoms with E-state index >= 15 is 0 Å². The number of nitrogens with two attached hydrogens (primary N) is 1. The summed E-state index contributed by atoms with van der Waals surface area (Å²) < 4.78 is 0. The SMILES string of the molecule is Cc1c(N)cccc1C(=O)NC1CCC(C)(C)CC1. The van der Waals surface area contributed by atoms with E-state index in [2.05, 4.69) is 19.2 Å². The normalized spacial score (nSPS) is 19.1. The third-order valence-electron chi connectivity index (χ3n) is 4.29. The van der Waals surface area contributed by atoms with Gasteiger partial charge in [0.1, 0.15) is 0 Å². The Kier molecular flexibility index (Phi) is 3.83. The lowest BCUT2D eigenvalue weighted by Crippen LogP contribution is -2.39. The lowest BCUT2D eigenvalue weighted by molar-refractivity contribution is 0.0908. The molecule has 3 heteroatoms. The fourth-order valence-corrected chi connectivity index (χ4v) is 2.71. The number of rotatable bonds is 2. The fraction of sp³-hybridized carbons (Fsp3) is 0.562. The molecule has 0 atom stereocenters. The molecular formula is C16H24N2O. The van der Waals surface area contributed by atoms with E-state index in [1.165, 1.54) is 12.8 Å². The van der Waals surface area contributed by atoms with Crippen molar-refractivity contribution in [1.82, 2.24) is 5.32 Å². The lowest BCUT2D eigenvalue weighted by Gasteiger charge is -2.34. The minimum atomic E-state index is 0.00880. The number of anilines is 1. The molecule has 2 rings (SSSR count). The van der Waals surface area contributed by atoms with Crippen LogP contribution in [0.15, 0.2) is 18.2 Å². The quantitative estimate of drug-likeness (QED) is 0.802. The number of hydrogen-bond acceptors (Lipinski definition) is 2. The first-order valence-electron chi connectivity index (χ1n) is 7.05. The summed E-state index contributed by atoms with van der Waals surface area (Å²) in [6.45, 7) is 6.49. The summed E-state index contributed by atoms with van der Waals surface area (Å²) in [5, 5.41) is 3.15.